The van der Waals surface area contributed by atoms with Gasteiger partial charge in [0.1, 0.15) is 11.6 Å². The molecule has 1 amide bonds. The maximum absolute atomic E-state index is 14.1. The van der Waals surface area contributed by atoms with Gasteiger partial charge < -0.3 is 18.9 Å². The fraction of sp³-hybridized carbons (Fsp3) is 0.296. The summed E-state index contributed by atoms with van der Waals surface area (Å²) in [6.07, 6.45) is -0.00142. The van der Waals surface area contributed by atoms with Crippen molar-refractivity contribution in [1.29, 1.82) is 0 Å². The second-order valence-corrected chi connectivity index (χ2v) is 8.66. The highest BCUT2D eigenvalue weighted by Gasteiger charge is 2.37. The molecule has 3 aromatic rings. The van der Waals surface area contributed by atoms with E-state index in [-0.39, 0.29) is 30.5 Å². The second-order valence-electron chi connectivity index (χ2n) is 8.66. The average Bonchev–Trinajstić information content (AvgIpc) is 3.38. The number of anilines is 1. The molecule has 2 heterocycles. The van der Waals surface area contributed by atoms with E-state index in [1.165, 1.54) is 18.1 Å². The van der Waals surface area contributed by atoms with Crippen LogP contribution in [0.4, 0.5) is 10.1 Å². The molecule has 1 aliphatic heterocycles. The summed E-state index contributed by atoms with van der Waals surface area (Å²) in [5.74, 6) is -1.64. The molecule has 8 heteroatoms. The number of carbonyl (C=O) groups excluding carboxylic acids is 3. The molecule has 1 atom stereocenters. The molecule has 4 rings (SSSR count). The minimum atomic E-state index is -0.678. The predicted octanol–water partition coefficient (Wildman–Crippen LogP) is 4.33. The van der Waals surface area contributed by atoms with Gasteiger partial charge in [-0.15, -0.1) is 0 Å². The highest BCUT2D eigenvalue weighted by molar-refractivity contribution is 6.02. The van der Waals surface area contributed by atoms with Gasteiger partial charge in [0.15, 0.2) is 6.61 Å². The van der Waals surface area contributed by atoms with Crippen LogP contribution < -0.4 is 9.64 Å². The quantitative estimate of drug-likeness (QED) is 0.373. The smallest absolute Gasteiger partial charge is 0.311 e. The number of carbonyl (C=O) groups is 3. The normalized spacial score (nSPS) is 15.4. The SMILES string of the molecule is COc1ccccc1N1C[C@@H](C(=O)OCC(=O)c2cc(C)n(-c3ccc(C)c(F)c3)c2C)CC1=O. The van der Waals surface area contributed by atoms with Gasteiger partial charge in [0.05, 0.1) is 18.7 Å². The van der Waals surface area contributed by atoms with Crippen LogP contribution in [0.5, 0.6) is 5.75 Å². The van der Waals surface area contributed by atoms with Crippen LogP contribution in [0.25, 0.3) is 5.69 Å². The number of aromatic nitrogens is 1. The fourth-order valence-corrected chi connectivity index (χ4v) is 4.45. The molecule has 1 saturated heterocycles. The molecule has 1 aliphatic rings. The summed E-state index contributed by atoms with van der Waals surface area (Å²) < 4.78 is 26.5. The lowest BCUT2D eigenvalue weighted by molar-refractivity contribution is -0.147. The number of nitrogens with zero attached hydrogens (tertiary/aromatic N) is 2. The monoisotopic (exact) mass is 478 g/mol. The third-order valence-electron chi connectivity index (χ3n) is 6.33. The molecule has 0 saturated carbocycles. The third-order valence-corrected chi connectivity index (χ3v) is 6.33. The van der Waals surface area contributed by atoms with Crippen molar-refractivity contribution in [2.75, 3.05) is 25.2 Å². The van der Waals surface area contributed by atoms with Gasteiger partial charge in [-0.05, 0) is 56.7 Å². The van der Waals surface area contributed by atoms with E-state index in [1.54, 1.807) is 60.9 Å². The first kappa shape index (κ1) is 24.2. The van der Waals surface area contributed by atoms with E-state index in [2.05, 4.69) is 0 Å². The van der Waals surface area contributed by atoms with E-state index < -0.39 is 18.5 Å². The van der Waals surface area contributed by atoms with Crippen molar-refractivity contribution in [3.05, 3.63) is 76.9 Å². The van der Waals surface area contributed by atoms with Crippen molar-refractivity contribution in [1.82, 2.24) is 4.57 Å². The summed E-state index contributed by atoms with van der Waals surface area (Å²) in [5.41, 5.74) is 3.52. The van der Waals surface area contributed by atoms with E-state index in [0.717, 1.165) is 5.69 Å². The summed E-state index contributed by atoms with van der Waals surface area (Å²) in [6, 6.07) is 13.7. The molecular weight excluding hydrogens is 451 g/mol. The van der Waals surface area contributed by atoms with Gasteiger partial charge in [-0.1, -0.05) is 18.2 Å². The van der Waals surface area contributed by atoms with E-state index in [1.807, 2.05) is 6.92 Å². The van der Waals surface area contributed by atoms with Gasteiger partial charge >= 0.3 is 5.97 Å². The maximum Gasteiger partial charge on any atom is 0.311 e. The van der Waals surface area contributed by atoms with Gasteiger partial charge in [0.2, 0.25) is 11.7 Å². The van der Waals surface area contributed by atoms with Crippen molar-refractivity contribution in [2.24, 2.45) is 5.92 Å². The Morgan fingerprint density at radius 1 is 1.09 bits per heavy atom. The molecule has 182 valence electrons. The Kier molecular flexibility index (Phi) is 6.73. The molecule has 0 radical (unpaired) electrons. The molecule has 7 nitrogen and oxygen atoms in total. The molecule has 1 fully saturated rings. The minimum absolute atomic E-state index is 0.00142. The molecule has 1 aromatic heterocycles. The number of aryl methyl sites for hydroxylation is 2. The molecule has 0 unspecified atom stereocenters. The molecule has 2 aromatic carbocycles. The van der Waals surface area contributed by atoms with Gasteiger partial charge in [-0.25, -0.2) is 4.39 Å². The highest BCUT2D eigenvalue weighted by Crippen LogP contribution is 2.33. The number of esters is 1. The van der Waals surface area contributed by atoms with E-state index >= 15 is 0 Å². The van der Waals surface area contributed by atoms with Crippen molar-refractivity contribution in [3.63, 3.8) is 0 Å². The van der Waals surface area contributed by atoms with Crippen LogP contribution >= 0.6 is 0 Å². The number of ketones is 1. The van der Waals surface area contributed by atoms with Crippen LogP contribution in [-0.4, -0.2) is 42.5 Å². The molecule has 0 spiro atoms. The number of methoxy groups -OCH3 is 1. The summed E-state index contributed by atoms with van der Waals surface area (Å²) in [7, 11) is 1.52. The molecule has 0 bridgehead atoms. The third kappa shape index (κ3) is 4.69. The lowest BCUT2D eigenvalue weighted by Crippen LogP contribution is -2.27. The molecule has 0 aliphatic carbocycles. The number of hydrogen-bond acceptors (Lipinski definition) is 5. The molecular formula is C27H27FN2O5. The average molecular weight is 479 g/mol. The first-order valence-electron chi connectivity index (χ1n) is 11.3. The van der Waals surface area contributed by atoms with E-state index in [0.29, 0.717) is 33.9 Å². The Balaban J connectivity index is 1.43. The topological polar surface area (TPSA) is 77.8 Å². The van der Waals surface area contributed by atoms with Gasteiger partial charge in [0, 0.05) is 35.6 Å². The number of rotatable bonds is 7. The summed E-state index contributed by atoms with van der Waals surface area (Å²) in [5, 5.41) is 0. The van der Waals surface area contributed by atoms with E-state index in [9.17, 15) is 18.8 Å². The first-order chi connectivity index (χ1) is 16.7. The van der Waals surface area contributed by atoms with Crippen molar-refractivity contribution in [2.45, 2.75) is 27.2 Å². The Bertz CT molecular complexity index is 1310. The lowest BCUT2D eigenvalue weighted by Gasteiger charge is -2.19. The van der Waals surface area contributed by atoms with E-state index in [4.69, 9.17) is 9.47 Å². The van der Waals surface area contributed by atoms with Gasteiger partial charge in [-0.2, -0.15) is 0 Å². The number of ether oxygens (including phenoxy) is 2. The Morgan fingerprint density at radius 3 is 2.54 bits per heavy atom. The predicted molar refractivity (Wildman–Crippen MR) is 129 cm³/mol. The number of halogens is 1. The number of para-hydroxylation sites is 2. The van der Waals surface area contributed by atoms with Crippen LogP contribution in [0.15, 0.2) is 48.5 Å². The molecule has 35 heavy (non-hydrogen) atoms. The summed E-state index contributed by atoms with van der Waals surface area (Å²) in [4.78, 5) is 39.6. The lowest BCUT2D eigenvalue weighted by atomic mass is 10.1. The fourth-order valence-electron chi connectivity index (χ4n) is 4.45. The Labute approximate surface area is 203 Å². The van der Waals surface area contributed by atoms with Crippen LogP contribution in [0.2, 0.25) is 0 Å². The van der Waals surface area contributed by atoms with Crippen molar-refractivity contribution < 1.29 is 28.2 Å². The van der Waals surface area contributed by atoms with Gasteiger partial charge in [0.25, 0.3) is 0 Å². The summed E-state index contributed by atoms with van der Waals surface area (Å²) >= 11 is 0. The maximum atomic E-state index is 14.1. The van der Waals surface area contributed by atoms with Crippen molar-refractivity contribution in [3.8, 4) is 11.4 Å². The largest absolute Gasteiger partial charge is 0.495 e. The summed E-state index contributed by atoms with van der Waals surface area (Å²) in [6.45, 7) is 4.99. The zero-order chi connectivity index (χ0) is 25.3. The standard InChI is InChI=1S/C27H27FN2O5/c1-16-9-10-20(13-22(16)28)30-17(2)11-21(18(30)3)24(31)15-35-27(33)19-12-26(32)29(14-19)23-7-5-6-8-25(23)34-4/h5-11,13,19H,12,14-15H2,1-4H3/t19-/m0/s1. The highest BCUT2D eigenvalue weighted by atomic mass is 19.1. The van der Waals surface area contributed by atoms with Crippen LogP contribution in [0, 0.1) is 32.5 Å². The van der Waals surface area contributed by atoms with Crippen LogP contribution in [-0.2, 0) is 14.3 Å². The van der Waals surface area contributed by atoms with Crippen molar-refractivity contribution >= 4 is 23.3 Å². The second kappa shape index (κ2) is 9.74. The van der Waals surface area contributed by atoms with Crippen LogP contribution in [0.1, 0.15) is 33.7 Å². The molecule has 0 N–H and O–H groups in total. The van der Waals surface area contributed by atoms with Crippen LogP contribution in [0.3, 0.4) is 0 Å². The number of hydrogen-bond donors (Lipinski definition) is 0. The minimum Gasteiger partial charge on any atom is -0.495 e. The number of amides is 1. The number of benzene rings is 2. The Hall–Kier alpha value is -3.94. The zero-order valence-electron chi connectivity index (χ0n) is 20.1. The zero-order valence-corrected chi connectivity index (χ0v) is 20.1. The number of Topliss-reactive ketones (excluding diaryl/α,β-unsaturated/α-hetero) is 1. The first-order valence-corrected chi connectivity index (χ1v) is 11.3. The Morgan fingerprint density at radius 2 is 1.83 bits per heavy atom. The van der Waals surface area contributed by atoms with Gasteiger partial charge in [-0.3, -0.25) is 14.4 Å².